The molecule has 3 rings (SSSR count). The van der Waals surface area contributed by atoms with E-state index < -0.39 is 6.10 Å². The van der Waals surface area contributed by atoms with Crippen molar-refractivity contribution in [2.24, 2.45) is 5.92 Å². The van der Waals surface area contributed by atoms with E-state index in [-0.39, 0.29) is 11.9 Å². The summed E-state index contributed by atoms with van der Waals surface area (Å²) in [5.74, 6) is 1.52. The molecule has 2 atom stereocenters. The smallest absolute Gasteiger partial charge is 0.261 e. The Balaban J connectivity index is 1.59. The van der Waals surface area contributed by atoms with E-state index in [1.54, 1.807) is 0 Å². The first-order valence-corrected chi connectivity index (χ1v) is 10.9. The van der Waals surface area contributed by atoms with E-state index >= 15 is 0 Å². The van der Waals surface area contributed by atoms with Crippen LogP contribution in [0, 0.1) is 12.8 Å². The van der Waals surface area contributed by atoms with Crippen LogP contribution in [0.3, 0.4) is 0 Å². The van der Waals surface area contributed by atoms with Crippen LogP contribution < -0.4 is 15.0 Å². The van der Waals surface area contributed by atoms with Gasteiger partial charge < -0.3 is 15.0 Å². The molecule has 0 aromatic heterocycles. The van der Waals surface area contributed by atoms with Gasteiger partial charge in [0.15, 0.2) is 6.10 Å². The number of carbonyl (C=O) groups excluding carboxylic acids is 1. The molecule has 0 unspecified atom stereocenters. The van der Waals surface area contributed by atoms with E-state index in [1.807, 2.05) is 45.0 Å². The second kappa shape index (κ2) is 9.82. The molecule has 156 valence electrons. The number of para-hydroxylation sites is 1. The van der Waals surface area contributed by atoms with Crippen molar-refractivity contribution in [2.45, 2.75) is 59.1 Å². The van der Waals surface area contributed by atoms with Gasteiger partial charge in [-0.25, -0.2) is 0 Å². The third-order valence-electron chi connectivity index (χ3n) is 5.93. The van der Waals surface area contributed by atoms with Gasteiger partial charge in [0.25, 0.3) is 5.91 Å². The van der Waals surface area contributed by atoms with Gasteiger partial charge in [0.2, 0.25) is 0 Å². The van der Waals surface area contributed by atoms with Crippen molar-refractivity contribution >= 4 is 11.6 Å². The molecule has 1 N–H and O–H groups in total. The number of anilines is 1. The first kappa shape index (κ1) is 21.2. The number of hydrogen-bond donors (Lipinski definition) is 1. The zero-order valence-corrected chi connectivity index (χ0v) is 18.2. The average Bonchev–Trinajstić information content (AvgIpc) is 2.73. The quantitative estimate of drug-likeness (QED) is 0.696. The zero-order valence-electron chi connectivity index (χ0n) is 18.2. The molecule has 1 heterocycles. The maximum Gasteiger partial charge on any atom is 0.261 e. The van der Waals surface area contributed by atoms with Crippen LogP contribution in [0.25, 0.3) is 0 Å². The van der Waals surface area contributed by atoms with Crippen molar-refractivity contribution in [1.82, 2.24) is 5.32 Å². The molecule has 1 amide bonds. The van der Waals surface area contributed by atoms with Crippen LogP contribution in [0.1, 0.15) is 57.2 Å². The summed E-state index contributed by atoms with van der Waals surface area (Å²) in [6.07, 6.45) is 2.65. The number of carbonyl (C=O) groups is 1. The fourth-order valence-electron chi connectivity index (χ4n) is 3.79. The van der Waals surface area contributed by atoms with Crippen LogP contribution in [-0.2, 0) is 4.79 Å². The van der Waals surface area contributed by atoms with Gasteiger partial charge in [-0.3, -0.25) is 4.79 Å². The lowest BCUT2D eigenvalue weighted by Crippen LogP contribution is -2.39. The van der Waals surface area contributed by atoms with Gasteiger partial charge in [0, 0.05) is 18.8 Å². The SMILES string of the molecule is CC[C@@H](Oc1ccccc1C)C(=O)N[C@H](C)c1ccc(N2CCC(C)CC2)cc1. The minimum absolute atomic E-state index is 0.0625. The third kappa shape index (κ3) is 5.53. The number of aryl methyl sites for hydroxylation is 1. The minimum Gasteiger partial charge on any atom is -0.480 e. The predicted octanol–water partition coefficient (Wildman–Crippen LogP) is 5.27. The second-order valence-electron chi connectivity index (χ2n) is 8.27. The maximum atomic E-state index is 12.8. The molecule has 2 aromatic rings. The van der Waals surface area contributed by atoms with E-state index in [2.05, 4.69) is 41.4 Å². The topological polar surface area (TPSA) is 41.6 Å². The van der Waals surface area contributed by atoms with Crippen LogP contribution in [0.4, 0.5) is 5.69 Å². The van der Waals surface area contributed by atoms with E-state index in [0.717, 1.165) is 35.9 Å². The number of piperidine rings is 1. The molecule has 4 heteroatoms. The maximum absolute atomic E-state index is 12.8. The highest BCUT2D eigenvalue weighted by molar-refractivity contribution is 5.81. The van der Waals surface area contributed by atoms with Gasteiger partial charge in [-0.2, -0.15) is 0 Å². The van der Waals surface area contributed by atoms with Crippen LogP contribution in [0.2, 0.25) is 0 Å². The number of nitrogens with one attached hydrogen (secondary N) is 1. The van der Waals surface area contributed by atoms with Crippen LogP contribution >= 0.6 is 0 Å². The third-order valence-corrected chi connectivity index (χ3v) is 5.93. The number of amides is 1. The molecular weight excluding hydrogens is 360 g/mol. The van der Waals surface area contributed by atoms with Crippen molar-refractivity contribution < 1.29 is 9.53 Å². The van der Waals surface area contributed by atoms with E-state index in [4.69, 9.17) is 4.74 Å². The molecule has 1 aliphatic rings. The van der Waals surface area contributed by atoms with Gasteiger partial charge in [0.05, 0.1) is 6.04 Å². The molecule has 1 saturated heterocycles. The molecule has 4 nitrogen and oxygen atoms in total. The van der Waals surface area contributed by atoms with Gasteiger partial charge >= 0.3 is 0 Å². The van der Waals surface area contributed by atoms with Crippen molar-refractivity contribution in [2.75, 3.05) is 18.0 Å². The Morgan fingerprint density at radius 1 is 1.14 bits per heavy atom. The normalized spacial score (nSPS) is 16.9. The molecule has 29 heavy (non-hydrogen) atoms. The fourth-order valence-corrected chi connectivity index (χ4v) is 3.79. The molecule has 1 aliphatic heterocycles. The molecule has 0 spiro atoms. The van der Waals surface area contributed by atoms with E-state index in [1.165, 1.54) is 18.5 Å². The molecular formula is C25H34N2O2. The number of ether oxygens (including phenoxy) is 1. The van der Waals surface area contributed by atoms with E-state index in [0.29, 0.717) is 6.42 Å². The Kier molecular flexibility index (Phi) is 7.18. The first-order valence-electron chi connectivity index (χ1n) is 10.9. The summed E-state index contributed by atoms with van der Waals surface area (Å²) in [7, 11) is 0. The number of rotatable bonds is 7. The average molecular weight is 395 g/mol. The Bertz CT molecular complexity index is 795. The van der Waals surface area contributed by atoms with Crippen LogP contribution in [0.5, 0.6) is 5.75 Å². The predicted molar refractivity (Wildman–Crippen MR) is 119 cm³/mol. The van der Waals surface area contributed by atoms with Crippen molar-refractivity contribution in [3.05, 3.63) is 59.7 Å². The number of benzene rings is 2. The van der Waals surface area contributed by atoms with Gasteiger partial charge in [-0.05, 0) is 68.4 Å². The van der Waals surface area contributed by atoms with Gasteiger partial charge in [-0.15, -0.1) is 0 Å². The molecule has 0 saturated carbocycles. The minimum atomic E-state index is -0.492. The molecule has 1 fully saturated rings. The molecule has 2 aromatic carbocycles. The summed E-state index contributed by atoms with van der Waals surface area (Å²) < 4.78 is 5.98. The van der Waals surface area contributed by atoms with Crippen molar-refractivity contribution in [3.8, 4) is 5.75 Å². The Labute approximate surface area is 175 Å². The summed E-state index contributed by atoms with van der Waals surface area (Å²) in [4.78, 5) is 15.2. The zero-order chi connectivity index (χ0) is 20.8. The van der Waals surface area contributed by atoms with E-state index in [9.17, 15) is 4.79 Å². The summed E-state index contributed by atoms with van der Waals surface area (Å²) in [5.41, 5.74) is 3.42. The second-order valence-corrected chi connectivity index (χ2v) is 8.27. The number of hydrogen-bond acceptors (Lipinski definition) is 3. The van der Waals surface area contributed by atoms with Crippen molar-refractivity contribution in [3.63, 3.8) is 0 Å². The molecule has 0 aliphatic carbocycles. The summed E-state index contributed by atoms with van der Waals surface area (Å²) in [6, 6.07) is 16.3. The molecule has 0 bridgehead atoms. The molecule has 0 radical (unpaired) electrons. The fraction of sp³-hybridized carbons (Fsp3) is 0.480. The van der Waals surface area contributed by atoms with Crippen molar-refractivity contribution in [1.29, 1.82) is 0 Å². The lowest BCUT2D eigenvalue weighted by molar-refractivity contribution is -0.128. The largest absolute Gasteiger partial charge is 0.480 e. The Morgan fingerprint density at radius 3 is 2.41 bits per heavy atom. The lowest BCUT2D eigenvalue weighted by atomic mass is 9.98. The van der Waals surface area contributed by atoms with Crippen LogP contribution in [0.15, 0.2) is 48.5 Å². The highest BCUT2D eigenvalue weighted by Crippen LogP contribution is 2.25. The first-order chi connectivity index (χ1) is 14.0. The Morgan fingerprint density at radius 2 is 1.79 bits per heavy atom. The monoisotopic (exact) mass is 394 g/mol. The number of nitrogens with zero attached hydrogens (tertiary/aromatic N) is 1. The Hall–Kier alpha value is -2.49. The van der Waals surface area contributed by atoms with Crippen LogP contribution in [-0.4, -0.2) is 25.1 Å². The lowest BCUT2D eigenvalue weighted by Gasteiger charge is -2.32. The van der Waals surface area contributed by atoms with Gasteiger partial charge in [-0.1, -0.05) is 44.2 Å². The summed E-state index contributed by atoms with van der Waals surface area (Å²) in [6.45, 7) is 10.6. The summed E-state index contributed by atoms with van der Waals surface area (Å²) in [5, 5.41) is 3.11. The summed E-state index contributed by atoms with van der Waals surface area (Å²) >= 11 is 0. The standard InChI is InChI=1S/C25H34N2O2/c1-5-23(29-24-9-7-6-8-19(24)3)25(28)26-20(4)21-10-12-22(13-11-21)27-16-14-18(2)15-17-27/h6-13,18,20,23H,5,14-17H2,1-4H3,(H,26,28)/t20-,23-/m1/s1. The highest BCUT2D eigenvalue weighted by atomic mass is 16.5. The highest BCUT2D eigenvalue weighted by Gasteiger charge is 2.22. The van der Waals surface area contributed by atoms with Gasteiger partial charge in [0.1, 0.15) is 5.75 Å².